The number of benzene rings is 1. The van der Waals surface area contributed by atoms with Crippen molar-refractivity contribution in [3.8, 4) is 0 Å². The van der Waals surface area contributed by atoms with Crippen molar-refractivity contribution in [2.24, 2.45) is 4.99 Å². The van der Waals surface area contributed by atoms with Crippen LogP contribution in [0.15, 0.2) is 44.9 Å². The van der Waals surface area contributed by atoms with Crippen LogP contribution < -0.4 is 5.32 Å². The number of nitrogens with one attached hydrogen (secondary N) is 1. The minimum Gasteiger partial charge on any atom is -0.301 e. The molecule has 184 valence electrons. The molecule has 0 aliphatic carbocycles. The minimum atomic E-state index is -6.60. The Labute approximate surface area is 182 Å². The number of carbonyl (C=O) groups is 1. The topological polar surface area (TPSA) is 41.5 Å². The average molecular weight is 540 g/mol. The van der Waals surface area contributed by atoms with Crippen LogP contribution in [0, 0.1) is 0 Å². The molecule has 1 aromatic carbocycles. The summed E-state index contributed by atoms with van der Waals surface area (Å²) < 4.78 is 168. The molecule has 18 heteroatoms. The van der Waals surface area contributed by atoms with Gasteiger partial charge in [0.05, 0.1) is 4.91 Å². The SMILES string of the molecule is O=C(NC1=NC(C(F)(F)F)(C(F)(F)F)/C(=C(\F)C(F)(F)F)S1)c1ccc(SC(F)(F)F)cc1. The van der Waals surface area contributed by atoms with Crippen LogP contribution in [0.2, 0.25) is 0 Å². The third-order valence-electron chi connectivity index (χ3n) is 3.64. The lowest BCUT2D eigenvalue weighted by Crippen LogP contribution is -2.55. The smallest absolute Gasteiger partial charge is 0.301 e. The number of allylic oxidation sites excluding steroid dienone is 1. The minimum absolute atomic E-state index is 0.433. The Morgan fingerprint density at radius 1 is 0.879 bits per heavy atom. The summed E-state index contributed by atoms with van der Waals surface area (Å²) in [6.45, 7) is 0. The van der Waals surface area contributed by atoms with Crippen molar-refractivity contribution in [1.82, 2.24) is 5.32 Å². The summed E-state index contributed by atoms with van der Waals surface area (Å²) in [5, 5.41) is -0.294. The lowest BCUT2D eigenvalue weighted by Gasteiger charge is -2.31. The molecule has 33 heavy (non-hydrogen) atoms. The van der Waals surface area contributed by atoms with Gasteiger partial charge in [0.25, 0.3) is 11.4 Å². The van der Waals surface area contributed by atoms with E-state index >= 15 is 0 Å². The first-order valence-electron chi connectivity index (χ1n) is 7.75. The molecular formula is C15H5F13N2OS2. The van der Waals surface area contributed by atoms with E-state index in [0.29, 0.717) is 12.1 Å². The number of thioether (sulfide) groups is 2. The summed E-state index contributed by atoms with van der Waals surface area (Å²) >= 11 is -1.65. The van der Waals surface area contributed by atoms with Gasteiger partial charge in [0, 0.05) is 10.5 Å². The Morgan fingerprint density at radius 2 is 1.36 bits per heavy atom. The van der Waals surface area contributed by atoms with Gasteiger partial charge in [-0.3, -0.25) is 4.79 Å². The van der Waals surface area contributed by atoms with Crippen molar-refractivity contribution in [2.45, 2.75) is 34.5 Å². The van der Waals surface area contributed by atoms with Gasteiger partial charge in [0.15, 0.2) is 5.17 Å². The number of hydrogen-bond donors (Lipinski definition) is 1. The highest BCUT2D eigenvalue weighted by molar-refractivity contribution is 8.17. The number of amidine groups is 1. The number of halogens is 13. The van der Waals surface area contributed by atoms with Gasteiger partial charge in [-0.1, -0.05) is 11.8 Å². The molecule has 0 aromatic heterocycles. The molecule has 1 amide bonds. The van der Waals surface area contributed by atoms with E-state index in [2.05, 4.69) is 4.99 Å². The van der Waals surface area contributed by atoms with Gasteiger partial charge in [-0.2, -0.15) is 52.7 Å². The van der Waals surface area contributed by atoms with Gasteiger partial charge in [-0.25, -0.2) is 9.38 Å². The van der Waals surface area contributed by atoms with Crippen LogP contribution >= 0.6 is 23.5 Å². The largest absolute Gasteiger partial charge is 0.446 e. The maximum atomic E-state index is 13.6. The highest BCUT2D eigenvalue weighted by Gasteiger charge is 2.77. The van der Waals surface area contributed by atoms with Crippen molar-refractivity contribution in [1.29, 1.82) is 0 Å². The fourth-order valence-electron chi connectivity index (χ4n) is 2.30. The summed E-state index contributed by atoms with van der Waals surface area (Å²) in [5.41, 5.74) is -11.0. The standard InChI is InChI=1S/C15H5F13N2OS2/c16-7(12(17,18)19)8-11(13(20,21)22,14(23,24)25)30-10(32-8)29-9(31)5-1-3-6(4-2-5)33-15(26,27)28/h1-4H,(H,29,30,31)/b8-7+. The molecule has 0 fully saturated rings. The van der Waals surface area contributed by atoms with E-state index in [1.54, 1.807) is 0 Å². The van der Waals surface area contributed by atoms with E-state index in [1.807, 2.05) is 0 Å². The van der Waals surface area contributed by atoms with Crippen molar-refractivity contribution >= 4 is 34.6 Å². The number of hydrogen-bond acceptors (Lipinski definition) is 4. The molecule has 1 heterocycles. The van der Waals surface area contributed by atoms with Gasteiger partial charge >= 0.3 is 24.0 Å². The van der Waals surface area contributed by atoms with Gasteiger partial charge < -0.3 is 5.32 Å². The number of carbonyl (C=O) groups excluding carboxylic acids is 1. The van der Waals surface area contributed by atoms with E-state index in [0.717, 1.165) is 12.1 Å². The molecule has 3 nitrogen and oxygen atoms in total. The van der Waals surface area contributed by atoms with Gasteiger partial charge in [0.2, 0.25) is 5.83 Å². The number of aliphatic imine (C=N–C) groups is 1. The highest BCUT2D eigenvalue weighted by Crippen LogP contribution is 2.59. The van der Waals surface area contributed by atoms with Crippen LogP contribution in [0.4, 0.5) is 57.1 Å². The van der Waals surface area contributed by atoms with Crippen LogP contribution in [-0.2, 0) is 0 Å². The second-order valence-electron chi connectivity index (χ2n) is 5.89. The predicted octanol–water partition coefficient (Wildman–Crippen LogP) is 6.74. The number of nitrogens with zero attached hydrogens (tertiary/aromatic N) is 1. The summed E-state index contributed by atoms with van der Waals surface area (Å²) in [4.78, 5) is 10.9. The zero-order chi connectivity index (χ0) is 25.6. The molecule has 1 aliphatic rings. The Hall–Kier alpha value is -2.11. The van der Waals surface area contributed by atoms with Gasteiger partial charge in [-0.15, -0.1) is 0 Å². The van der Waals surface area contributed by atoms with Crippen LogP contribution in [0.5, 0.6) is 0 Å². The molecule has 0 bridgehead atoms. The van der Waals surface area contributed by atoms with E-state index in [9.17, 15) is 61.9 Å². The van der Waals surface area contributed by atoms with E-state index in [-0.39, 0.29) is 0 Å². The maximum absolute atomic E-state index is 13.6. The summed E-state index contributed by atoms with van der Waals surface area (Å²) in [6.07, 6.45) is -19.4. The first-order chi connectivity index (χ1) is 14.7. The quantitative estimate of drug-likeness (QED) is 0.334. The van der Waals surface area contributed by atoms with Crippen molar-refractivity contribution in [3.63, 3.8) is 0 Å². The molecule has 0 saturated heterocycles. The van der Waals surface area contributed by atoms with E-state index in [1.165, 1.54) is 5.32 Å². The van der Waals surface area contributed by atoms with Crippen LogP contribution in [0.1, 0.15) is 10.4 Å². The predicted molar refractivity (Wildman–Crippen MR) is 89.9 cm³/mol. The van der Waals surface area contributed by atoms with Crippen molar-refractivity contribution in [3.05, 3.63) is 40.6 Å². The molecular weight excluding hydrogens is 535 g/mol. The lowest BCUT2D eigenvalue weighted by atomic mass is 9.97. The zero-order valence-electron chi connectivity index (χ0n) is 14.9. The number of alkyl halides is 12. The summed E-state index contributed by atoms with van der Waals surface area (Å²) in [7, 11) is 0. The van der Waals surface area contributed by atoms with Crippen LogP contribution in [0.25, 0.3) is 0 Å². The number of rotatable bonds is 2. The molecule has 1 N–H and O–H groups in total. The molecule has 0 radical (unpaired) electrons. The first-order valence-corrected chi connectivity index (χ1v) is 9.38. The zero-order valence-corrected chi connectivity index (χ0v) is 16.5. The van der Waals surface area contributed by atoms with Crippen molar-refractivity contribution in [2.75, 3.05) is 0 Å². The highest BCUT2D eigenvalue weighted by atomic mass is 32.2. The van der Waals surface area contributed by atoms with Crippen molar-refractivity contribution < 1.29 is 61.9 Å². The lowest BCUT2D eigenvalue weighted by molar-refractivity contribution is -0.280. The van der Waals surface area contributed by atoms with Gasteiger partial charge in [-0.05, 0) is 36.0 Å². The fraction of sp³-hybridized carbons (Fsp3) is 0.333. The Morgan fingerprint density at radius 3 is 1.76 bits per heavy atom. The monoisotopic (exact) mass is 540 g/mol. The molecule has 0 unspecified atom stereocenters. The Balaban J connectivity index is 2.46. The normalized spacial score (nSPS) is 18.8. The molecule has 1 aliphatic heterocycles. The summed E-state index contributed by atoms with van der Waals surface area (Å²) in [5.74, 6) is -5.25. The van der Waals surface area contributed by atoms with Crippen LogP contribution in [-0.4, -0.2) is 40.7 Å². The van der Waals surface area contributed by atoms with Crippen LogP contribution in [0.3, 0.4) is 0 Å². The van der Waals surface area contributed by atoms with E-state index in [4.69, 9.17) is 0 Å². The van der Waals surface area contributed by atoms with E-state index < -0.39 is 85.4 Å². The second kappa shape index (κ2) is 8.59. The second-order valence-corrected chi connectivity index (χ2v) is 8.03. The molecule has 0 atom stereocenters. The Bertz CT molecular complexity index is 958. The fourth-order valence-corrected chi connectivity index (χ4v) is 3.99. The molecule has 2 rings (SSSR count). The number of amides is 1. The summed E-state index contributed by atoms with van der Waals surface area (Å²) in [6, 6.07) is 2.89. The third kappa shape index (κ3) is 5.70. The van der Waals surface area contributed by atoms with Gasteiger partial charge in [0.1, 0.15) is 0 Å². The first kappa shape index (κ1) is 27.1. The average Bonchev–Trinajstić information content (AvgIpc) is 2.99. The molecule has 0 saturated carbocycles. The molecule has 1 aromatic rings. The third-order valence-corrected chi connectivity index (χ3v) is 5.44. The maximum Gasteiger partial charge on any atom is 0.446 e. The molecule has 0 spiro atoms. The Kier molecular flexibility index (Phi) is 7.06.